The van der Waals surface area contributed by atoms with Crippen molar-refractivity contribution in [1.29, 1.82) is 0 Å². The molecule has 4 nitrogen and oxygen atoms in total. The number of rotatable bonds is 9. The van der Waals surface area contributed by atoms with Crippen molar-refractivity contribution < 1.29 is 4.79 Å². The standard InChI is InChI=1S/C12H27N3O/c1-5-7-14-12(16)10-15(4)9-6-8-13-11(2)3/h11,13H,5-10H2,1-4H3,(H,14,16). The Balaban J connectivity index is 3.43. The van der Waals surface area contributed by atoms with Crippen molar-refractivity contribution in [2.24, 2.45) is 0 Å². The number of amides is 1. The van der Waals surface area contributed by atoms with Gasteiger partial charge in [0.2, 0.25) is 5.91 Å². The van der Waals surface area contributed by atoms with E-state index in [1.165, 1.54) is 0 Å². The molecule has 0 spiro atoms. The molecule has 4 heteroatoms. The van der Waals surface area contributed by atoms with Gasteiger partial charge in [0, 0.05) is 12.6 Å². The van der Waals surface area contributed by atoms with Crippen molar-refractivity contribution in [1.82, 2.24) is 15.5 Å². The van der Waals surface area contributed by atoms with Gasteiger partial charge in [0.1, 0.15) is 0 Å². The van der Waals surface area contributed by atoms with Gasteiger partial charge in [-0.1, -0.05) is 20.8 Å². The quantitative estimate of drug-likeness (QED) is 0.576. The molecule has 0 aromatic rings. The maximum Gasteiger partial charge on any atom is 0.234 e. The summed E-state index contributed by atoms with van der Waals surface area (Å²) in [5.41, 5.74) is 0. The van der Waals surface area contributed by atoms with E-state index < -0.39 is 0 Å². The van der Waals surface area contributed by atoms with E-state index >= 15 is 0 Å². The molecule has 2 N–H and O–H groups in total. The summed E-state index contributed by atoms with van der Waals surface area (Å²) in [4.78, 5) is 13.4. The molecule has 0 atom stereocenters. The summed E-state index contributed by atoms with van der Waals surface area (Å²) in [5, 5.41) is 6.24. The highest BCUT2D eigenvalue weighted by Gasteiger charge is 2.04. The van der Waals surface area contributed by atoms with Crippen LogP contribution in [0.3, 0.4) is 0 Å². The highest BCUT2D eigenvalue weighted by molar-refractivity contribution is 5.77. The van der Waals surface area contributed by atoms with Crippen LogP contribution in [0, 0.1) is 0 Å². The molecule has 0 aromatic carbocycles. The number of likely N-dealkylation sites (N-methyl/N-ethyl adjacent to an activating group) is 1. The van der Waals surface area contributed by atoms with E-state index in [4.69, 9.17) is 0 Å². The first-order valence-electron chi connectivity index (χ1n) is 6.24. The summed E-state index contributed by atoms with van der Waals surface area (Å²) in [6.45, 7) is 9.59. The second-order valence-corrected chi connectivity index (χ2v) is 4.55. The minimum Gasteiger partial charge on any atom is -0.355 e. The smallest absolute Gasteiger partial charge is 0.234 e. The van der Waals surface area contributed by atoms with Crippen LogP contribution in [0.4, 0.5) is 0 Å². The van der Waals surface area contributed by atoms with Gasteiger partial charge in [0.15, 0.2) is 0 Å². The molecule has 0 radical (unpaired) electrons. The summed E-state index contributed by atoms with van der Waals surface area (Å²) in [7, 11) is 1.99. The Morgan fingerprint density at radius 3 is 2.56 bits per heavy atom. The summed E-state index contributed by atoms with van der Waals surface area (Å²) in [6, 6.07) is 0.540. The minimum atomic E-state index is 0.126. The fourth-order valence-corrected chi connectivity index (χ4v) is 1.38. The van der Waals surface area contributed by atoms with Crippen LogP contribution >= 0.6 is 0 Å². The molecular formula is C12H27N3O. The third-order valence-electron chi connectivity index (χ3n) is 2.25. The Morgan fingerprint density at radius 1 is 1.31 bits per heavy atom. The van der Waals surface area contributed by atoms with Crippen molar-refractivity contribution in [2.75, 3.05) is 33.2 Å². The first kappa shape index (κ1) is 15.4. The Morgan fingerprint density at radius 2 is 2.00 bits per heavy atom. The number of hydrogen-bond donors (Lipinski definition) is 2. The number of hydrogen-bond acceptors (Lipinski definition) is 3. The van der Waals surface area contributed by atoms with Crippen molar-refractivity contribution in [3.05, 3.63) is 0 Å². The predicted octanol–water partition coefficient (Wildman–Crippen LogP) is 0.833. The van der Waals surface area contributed by atoms with Crippen molar-refractivity contribution in [3.63, 3.8) is 0 Å². The Kier molecular flexibility index (Phi) is 9.24. The molecule has 0 heterocycles. The van der Waals surface area contributed by atoms with Gasteiger partial charge >= 0.3 is 0 Å². The van der Waals surface area contributed by atoms with Crippen LogP contribution < -0.4 is 10.6 Å². The van der Waals surface area contributed by atoms with Crippen LogP contribution in [0.1, 0.15) is 33.6 Å². The lowest BCUT2D eigenvalue weighted by Gasteiger charge is -2.16. The van der Waals surface area contributed by atoms with E-state index in [0.29, 0.717) is 12.6 Å². The molecule has 0 rings (SSSR count). The second kappa shape index (κ2) is 9.60. The second-order valence-electron chi connectivity index (χ2n) is 4.55. The first-order valence-corrected chi connectivity index (χ1v) is 6.24. The van der Waals surface area contributed by atoms with Crippen LogP contribution in [0.5, 0.6) is 0 Å². The lowest BCUT2D eigenvalue weighted by molar-refractivity contribution is -0.121. The summed E-state index contributed by atoms with van der Waals surface area (Å²) in [5.74, 6) is 0.126. The third-order valence-corrected chi connectivity index (χ3v) is 2.25. The fourth-order valence-electron chi connectivity index (χ4n) is 1.38. The highest BCUT2D eigenvalue weighted by Crippen LogP contribution is 1.87. The molecule has 0 fully saturated rings. The molecule has 0 bridgehead atoms. The van der Waals surface area contributed by atoms with Crippen molar-refractivity contribution >= 4 is 5.91 Å². The molecule has 0 aliphatic heterocycles. The Hall–Kier alpha value is -0.610. The van der Waals surface area contributed by atoms with Crippen LogP contribution in [-0.4, -0.2) is 50.1 Å². The van der Waals surface area contributed by atoms with Crippen LogP contribution in [0.15, 0.2) is 0 Å². The average molecular weight is 229 g/mol. The SMILES string of the molecule is CCCNC(=O)CN(C)CCCNC(C)C. The molecule has 16 heavy (non-hydrogen) atoms. The topological polar surface area (TPSA) is 44.4 Å². The van der Waals surface area contributed by atoms with Gasteiger partial charge in [-0.3, -0.25) is 9.69 Å². The first-order chi connectivity index (χ1) is 7.56. The van der Waals surface area contributed by atoms with Crippen molar-refractivity contribution in [2.45, 2.75) is 39.7 Å². The normalized spacial score (nSPS) is 11.1. The third kappa shape index (κ3) is 9.93. The van der Waals surface area contributed by atoms with E-state index in [0.717, 1.165) is 32.5 Å². The predicted molar refractivity (Wildman–Crippen MR) is 68.6 cm³/mol. The lowest BCUT2D eigenvalue weighted by Crippen LogP contribution is -2.36. The fraction of sp³-hybridized carbons (Fsp3) is 0.917. The molecular weight excluding hydrogens is 202 g/mol. The number of nitrogens with zero attached hydrogens (tertiary/aromatic N) is 1. The van der Waals surface area contributed by atoms with Gasteiger partial charge in [-0.15, -0.1) is 0 Å². The number of carbonyl (C=O) groups excluding carboxylic acids is 1. The van der Waals surface area contributed by atoms with E-state index in [2.05, 4.69) is 36.3 Å². The van der Waals surface area contributed by atoms with Crippen LogP contribution in [0.2, 0.25) is 0 Å². The Labute approximate surface area is 99.8 Å². The number of nitrogens with one attached hydrogen (secondary N) is 2. The van der Waals surface area contributed by atoms with Gasteiger partial charge in [-0.2, -0.15) is 0 Å². The van der Waals surface area contributed by atoms with Gasteiger partial charge in [-0.25, -0.2) is 0 Å². The Bertz CT molecular complexity index is 183. The zero-order valence-electron chi connectivity index (χ0n) is 11.2. The monoisotopic (exact) mass is 229 g/mol. The van der Waals surface area contributed by atoms with Crippen molar-refractivity contribution in [3.8, 4) is 0 Å². The number of carbonyl (C=O) groups is 1. The van der Waals surface area contributed by atoms with E-state index in [1.54, 1.807) is 0 Å². The van der Waals surface area contributed by atoms with Gasteiger partial charge in [0.05, 0.1) is 6.54 Å². The van der Waals surface area contributed by atoms with Crippen LogP contribution in [0.25, 0.3) is 0 Å². The van der Waals surface area contributed by atoms with E-state index in [-0.39, 0.29) is 5.91 Å². The summed E-state index contributed by atoms with van der Waals surface area (Å²) < 4.78 is 0. The minimum absolute atomic E-state index is 0.126. The van der Waals surface area contributed by atoms with E-state index in [9.17, 15) is 4.79 Å². The summed E-state index contributed by atoms with van der Waals surface area (Å²) >= 11 is 0. The zero-order valence-corrected chi connectivity index (χ0v) is 11.2. The maximum absolute atomic E-state index is 11.4. The summed E-state index contributed by atoms with van der Waals surface area (Å²) in [6.07, 6.45) is 2.07. The van der Waals surface area contributed by atoms with Crippen LogP contribution in [-0.2, 0) is 4.79 Å². The molecule has 0 saturated carbocycles. The lowest BCUT2D eigenvalue weighted by atomic mass is 10.3. The molecule has 96 valence electrons. The van der Waals surface area contributed by atoms with Gasteiger partial charge in [-0.05, 0) is 33.0 Å². The molecule has 0 saturated heterocycles. The molecule has 0 aliphatic carbocycles. The molecule has 0 unspecified atom stereocenters. The molecule has 1 amide bonds. The van der Waals surface area contributed by atoms with Gasteiger partial charge in [0.25, 0.3) is 0 Å². The van der Waals surface area contributed by atoms with Gasteiger partial charge < -0.3 is 10.6 Å². The average Bonchev–Trinajstić information content (AvgIpc) is 2.21. The maximum atomic E-state index is 11.4. The highest BCUT2D eigenvalue weighted by atomic mass is 16.1. The van der Waals surface area contributed by atoms with E-state index in [1.807, 2.05) is 7.05 Å². The molecule has 0 aliphatic rings. The molecule has 0 aromatic heterocycles. The zero-order chi connectivity index (χ0) is 12.4. The largest absolute Gasteiger partial charge is 0.355 e.